The van der Waals surface area contributed by atoms with Gasteiger partial charge in [0.15, 0.2) is 0 Å². The van der Waals surface area contributed by atoms with E-state index in [0.717, 1.165) is 5.69 Å². The summed E-state index contributed by atoms with van der Waals surface area (Å²) in [5, 5.41) is 0.655. The van der Waals surface area contributed by atoms with E-state index in [2.05, 4.69) is 31.0 Å². The van der Waals surface area contributed by atoms with Gasteiger partial charge >= 0.3 is 0 Å². The average Bonchev–Trinajstić information content (AvgIpc) is 2.46. The van der Waals surface area contributed by atoms with Crippen LogP contribution in [0.25, 0.3) is 0 Å². The predicted octanol–water partition coefficient (Wildman–Crippen LogP) is 3.86. The maximum Gasteiger partial charge on any atom is 0.123 e. The first-order chi connectivity index (χ1) is 8.09. The first-order valence-corrected chi connectivity index (χ1v) is 5.91. The summed E-state index contributed by atoms with van der Waals surface area (Å²) in [6.07, 6.45) is 8.23. The van der Waals surface area contributed by atoms with E-state index in [4.69, 9.17) is 17.3 Å². The van der Waals surface area contributed by atoms with Crippen LogP contribution in [0, 0.1) is 0 Å². The lowest BCUT2D eigenvalue weighted by molar-refractivity contribution is 0.923. The maximum absolute atomic E-state index is 6.20. The third-order valence-electron chi connectivity index (χ3n) is 3.04. The third-order valence-corrected chi connectivity index (χ3v) is 3.36. The molecule has 2 N–H and O–H groups in total. The lowest BCUT2D eigenvalue weighted by Gasteiger charge is -2.16. The molecule has 0 spiro atoms. The van der Waals surface area contributed by atoms with Crippen LogP contribution in [0.4, 0.5) is 5.82 Å². The van der Waals surface area contributed by atoms with Crippen molar-refractivity contribution < 1.29 is 0 Å². The van der Waals surface area contributed by atoms with Crippen LogP contribution < -0.4 is 5.73 Å². The van der Waals surface area contributed by atoms with Gasteiger partial charge in [-0.3, -0.25) is 0 Å². The molecule has 1 aromatic rings. The van der Waals surface area contributed by atoms with Crippen LogP contribution in [0.3, 0.4) is 0 Å². The molecule has 1 aromatic heterocycles. The fourth-order valence-corrected chi connectivity index (χ4v) is 2.11. The van der Waals surface area contributed by atoms with Gasteiger partial charge in [-0.1, -0.05) is 47.1 Å². The topological polar surface area (TPSA) is 38.9 Å². The molecule has 0 saturated carbocycles. The van der Waals surface area contributed by atoms with Crippen LogP contribution >= 0.6 is 11.6 Å². The summed E-state index contributed by atoms with van der Waals surface area (Å²) in [5.74, 6) is 0.599. The van der Waals surface area contributed by atoms with Crippen LogP contribution in [0.1, 0.15) is 25.5 Å². The Bertz CT molecular complexity index is 527. The lowest BCUT2D eigenvalue weighted by Crippen LogP contribution is -2.04. The molecule has 1 atom stereocenters. The van der Waals surface area contributed by atoms with E-state index in [1.54, 1.807) is 12.1 Å². The number of anilines is 1. The Morgan fingerprint density at radius 2 is 2.00 bits per heavy atom. The highest BCUT2D eigenvalue weighted by molar-refractivity contribution is 6.31. The van der Waals surface area contributed by atoms with Gasteiger partial charge in [-0.2, -0.15) is 0 Å². The van der Waals surface area contributed by atoms with Crippen molar-refractivity contribution in [2.45, 2.75) is 19.8 Å². The van der Waals surface area contributed by atoms with Gasteiger partial charge in [-0.15, -0.1) is 0 Å². The molecule has 88 valence electrons. The highest BCUT2D eigenvalue weighted by atomic mass is 35.5. The fraction of sp³-hybridized carbons (Fsp3) is 0.214. The SMILES string of the molecule is CC1=C(C)C(c2nc(N)ccc2Cl)C=CC=C1. The van der Waals surface area contributed by atoms with E-state index in [-0.39, 0.29) is 5.92 Å². The summed E-state index contributed by atoms with van der Waals surface area (Å²) in [7, 11) is 0. The molecule has 1 heterocycles. The minimum absolute atomic E-state index is 0.0981. The molecule has 2 nitrogen and oxygen atoms in total. The molecule has 3 heteroatoms. The largest absolute Gasteiger partial charge is 0.384 e. The number of allylic oxidation sites excluding steroid dienone is 6. The van der Waals surface area contributed by atoms with E-state index >= 15 is 0 Å². The average molecular weight is 247 g/mol. The summed E-state index contributed by atoms with van der Waals surface area (Å²) >= 11 is 6.20. The molecular weight excluding hydrogens is 232 g/mol. The van der Waals surface area contributed by atoms with E-state index < -0.39 is 0 Å². The molecule has 0 aliphatic heterocycles. The van der Waals surface area contributed by atoms with Gasteiger partial charge in [0.05, 0.1) is 10.7 Å². The van der Waals surface area contributed by atoms with Crippen molar-refractivity contribution in [2.75, 3.05) is 5.73 Å². The monoisotopic (exact) mass is 246 g/mol. The second-order valence-electron chi connectivity index (χ2n) is 4.19. The van der Waals surface area contributed by atoms with Gasteiger partial charge in [0, 0.05) is 5.92 Å². The lowest BCUT2D eigenvalue weighted by atomic mass is 9.93. The summed E-state index contributed by atoms with van der Waals surface area (Å²) in [4.78, 5) is 4.36. The van der Waals surface area contributed by atoms with Crippen LogP contribution in [0.15, 0.2) is 47.6 Å². The van der Waals surface area contributed by atoms with Crippen molar-refractivity contribution in [2.24, 2.45) is 0 Å². The summed E-state index contributed by atoms with van der Waals surface area (Å²) in [6.45, 7) is 4.19. The first kappa shape index (κ1) is 11.9. The van der Waals surface area contributed by atoms with Crippen molar-refractivity contribution in [1.82, 2.24) is 4.98 Å². The Morgan fingerprint density at radius 1 is 1.24 bits per heavy atom. The Kier molecular flexibility index (Phi) is 3.34. The number of halogens is 1. The van der Waals surface area contributed by atoms with Gasteiger partial charge in [0.25, 0.3) is 0 Å². The normalized spacial score (nSPS) is 19.6. The van der Waals surface area contributed by atoms with Crippen molar-refractivity contribution >= 4 is 17.4 Å². The number of nitrogen functional groups attached to an aromatic ring is 1. The number of pyridine rings is 1. The molecule has 17 heavy (non-hydrogen) atoms. The highest BCUT2D eigenvalue weighted by Gasteiger charge is 2.17. The van der Waals surface area contributed by atoms with Crippen LogP contribution in [0.5, 0.6) is 0 Å². The van der Waals surface area contributed by atoms with Crippen molar-refractivity contribution in [1.29, 1.82) is 0 Å². The molecule has 0 aromatic carbocycles. The number of rotatable bonds is 1. The second-order valence-corrected chi connectivity index (χ2v) is 4.60. The molecule has 1 aliphatic rings. The van der Waals surface area contributed by atoms with Crippen LogP contribution in [-0.4, -0.2) is 4.98 Å². The quantitative estimate of drug-likeness (QED) is 0.817. The Balaban J connectivity index is 2.53. The van der Waals surface area contributed by atoms with Gasteiger partial charge < -0.3 is 5.73 Å². The highest BCUT2D eigenvalue weighted by Crippen LogP contribution is 2.33. The van der Waals surface area contributed by atoms with E-state index in [1.807, 2.05) is 12.2 Å². The molecule has 1 unspecified atom stereocenters. The van der Waals surface area contributed by atoms with Gasteiger partial charge in [-0.25, -0.2) is 4.98 Å². The van der Waals surface area contributed by atoms with Gasteiger partial charge in [-0.05, 0) is 26.0 Å². The summed E-state index contributed by atoms with van der Waals surface area (Å²) < 4.78 is 0. The standard InChI is InChI=1S/C14H15ClN2/c1-9-5-3-4-6-11(10(9)2)14-12(15)7-8-13(16)17-14/h3-8,11H,1-2H3,(H2,16,17). The Hall–Kier alpha value is -1.54. The zero-order valence-corrected chi connectivity index (χ0v) is 10.7. The van der Waals surface area contributed by atoms with Gasteiger partial charge in [0.2, 0.25) is 0 Å². The minimum Gasteiger partial charge on any atom is -0.384 e. The number of aromatic nitrogens is 1. The molecule has 0 amide bonds. The molecule has 2 rings (SSSR count). The van der Waals surface area contributed by atoms with Crippen LogP contribution in [-0.2, 0) is 0 Å². The zero-order chi connectivity index (χ0) is 12.4. The molecule has 1 aliphatic carbocycles. The fourth-order valence-electron chi connectivity index (χ4n) is 1.88. The number of hydrogen-bond donors (Lipinski definition) is 1. The van der Waals surface area contributed by atoms with Crippen molar-refractivity contribution in [3.05, 3.63) is 58.3 Å². The smallest absolute Gasteiger partial charge is 0.123 e. The molecule has 0 bridgehead atoms. The molecular formula is C14H15ClN2. The number of nitrogens with two attached hydrogens (primary N) is 1. The molecule has 0 saturated heterocycles. The Morgan fingerprint density at radius 3 is 2.76 bits per heavy atom. The van der Waals surface area contributed by atoms with E-state index in [1.165, 1.54) is 11.1 Å². The van der Waals surface area contributed by atoms with E-state index in [9.17, 15) is 0 Å². The summed E-state index contributed by atoms with van der Waals surface area (Å²) in [5.41, 5.74) is 9.03. The first-order valence-electron chi connectivity index (χ1n) is 5.53. The Labute approximate surface area is 107 Å². The van der Waals surface area contributed by atoms with Crippen molar-refractivity contribution in [3.63, 3.8) is 0 Å². The second kappa shape index (κ2) is 4.76. The van der Waals surface area contributed by atoms with Gasteiger partial charge in [0.1, 0.15) is 5.82 Å². The summed E-state index contributed by atoms with van der Waals surface area (Å²) in [6, 6.07) is 3.52. The molecule has 0 radical (unpaired) electrons. The minimum atomic E-state index is 0.0981. The number of nitrogens with zero attached hydrogens (tertiary/aromatic N) is 1. The maximum atomic E-state index is 6.20. The van der Waals surface area contributed by atoms with Crippen LogP contribution in [0.2, 0.25) is 5.02 Å². The van der Waals surface area contributed by atoms with Crippen molar-refractivity contribution in [3.8, 4) is 0 Å². The predicted molar refractivity (Wildman–Crippen MR) is 73.1 cm³/mol. The molecule has 0 fully saturated rings. The zero-order valence-electron chi connectivity index (χ0n) is 9.94. The number of hydrogen-bond acceptors (Lipinski definition) is 2. The third kappa shape index (κ3) is 2.42. The van der Waals surface area contributed by atoms with E-state index in [0.29, 0.717) is 10.8 Å².